The van der Waals surface area contributed by atoms with Gasteiger partial charge in [0.2, 0.25) is 5.91 Å². The predicted octanol–water partition coefficient (Wildman–Crippen LogP) is 6.09. The fraction of sp³-hybridized carbons (Fsp3) is 0.125. The number of carbonyl (C=O) groups excluding carboxylic acids is 1. The van der Waals surface area contributed by atoms with Crippen molar-refractivity contribution in [1.29, 1.82) is 0 Å². The number of benzene rings is 3. The zero-order valence-corrected chi connectivity index (χ0v) is 16.0. The molecule has 30 heavy (non-hydrogen) atoms. The van der Waals surface area contributed by atoms with Crippen molar-refractivity contribution in [2.24, 2.45) is 0 Å². The van der Waals surface area contributed by atoms with Gasteiger partial charge in [-0.1, -0.05) is 66.7 Å². The van der Waals surface area contributed by atoms with Crippen molar-refractivity contribution in [2.75, 3.05) is 5.32 Å². The third-order valence-electron chi connectivity index (χ3n) is 4.72. The lowest BCUT2D eigenvalue weighted by Gasteiger charge is -2.33. The first kappa shape index (κ1) is 21.2. The van der Waals surface area contributed by atoms with Crippen LogP contribution in [0.15, 0.2) is 97.6 Å². The fourth-order valence-electron chi connectivity index (χ4n) is 3.40. The van der Waals surface area contributed by atoms with E-state index in [1.165, 1.54) is 12.1 Å². The largest absolute Gasteiger partial charge is 0.573 e. The molecule has 0 aromatic heterocycles. The number of alkyl halides is 3. The lowest BCUT2D eigenvalue weighted by atomic mass is 9.71. The Morgan fingerprint density at radius 1 is 0.867 bits per heavy atom. The number of hydrogen-bond donors (Lipinski definition) is 1. The van der Waals surface area contributed by atoms with E-state index in [0.717, 1.165) is 23.3 Å². The predicted molar refractivity (Wildman–Crippen MR) is 110 cm³/mol. The molecule has 0 saturated carbocycles. The van der Waals surface area contributed by atoms with Crippen molar-refractivity contribution in [3.8, 4) is 5.75 Å². The van der Waals surface area contributed by atoms with Gasteiger partial charge in [-0.05, 0) is 41.8 Å². The van der Waals surface area contributed by atoms with Crippen LogP contribution >= 0.6 is 0 Å². The van der Waals surface area contributed by atoms with E-state index in [-0.39, 0.29) is 11.7 Å². The molecule has 3 nitrogen and oxygen atoms in total. The molecule has 0 fully saturated rings. The van der Waals surface area contributed by atoms with Crippen LogP contribution in [0.3, 0.4) is 0 Å². The third kappa shape index (κ3) is 4.71. The van der Waals surface area contributed by atoms with Gasteiger partial charge in [0.15, 0.2) is 0 Å². The number of halogens is 3. The molecule has 0 aliphatic carbocycles. The minimum absolute atomic E-state index is 0.315. The van der Waals surface area contributed by atoms with Crippen LogP contribution in [-0.4, -0.2) is 12.3 Å². The quantitative estimate of drug-likeness (QED) is 0.478. The molecule has 6 heteroatoms. The minimum atomic E-state index is -4.77. The number of nitrogens with one attached hydrogen (secondary N) is 1. The van der Waals surface area contributed by atoms with E-state index in [1.807, 2.05) is 60.7 Å². The summed E-state index contributed by atoms with van der Waals surface area (Å²) in [7, 11) is 0. The topological polar surface area (TPSA) is 38.3 Å². The highest BCUT2D eigenvalue weighted by Gasteiger charge is 2.41. The Morgan fingerprint density at radius 2 is 1.37 bits per heavy atom. The summed E-state index contributed by atoms with van der Waals surface area (Å²) in [4.78, 5) is 13.6. The normalized spacial score (nSPS) is 11.6. The van der Waals surface area contributed by atoms with Crippen molar-refractivity contribution in [2.45, 2.75) is 18.2 Å². The Bertz CT molecular complexity index is 945. The standard InChI is InChI=1S/C24H20F3NO2/c1-2-17-23(18-9-5-3-6-10-18,19-11-7-4-8-12-19)22(29)28-20-13-15-21(16-14-20)30-24(25,26)27/h2-16H,1,17H2,(H,28,29). The lowest BCUT2D eigenvalue weighted by Crippen LogP contribution is -2.41. The molecule has 0 aliphatic rings. The molecule has 0 aliphatic heterocycles. The Kier molecular flexibility index (Phi) is 6.26. The molecule has 0 spiro atoms. The molecule has 0 atom stereocenters. The number of ether oxygens (including phenoxy) is 1. The van der Waals surface area contributed by atoms with Gasteiger partial charge in [-0.2, -0.15) is 0 Å². The van der Waals surface area contributed by atoms with Gasteiger partial charge in [0.05, 0.1) is 0 Å². The Balaban J connectivity index is 1.98. The van der Waals surface area contributed by atoms with Crippen molar-refractivity contribution < 1.29 is 22.7 Å². The highest BCUT2D eigenvalue weighted by Crippen LogP contribution is 2.37. The van der Waals surface area contributed by atoms with Crippen LogP contribution in [0.25, 0.3) is 0 Å². The Morgan fingerprint density at radius 3 is 1.80 bits per heavy atom. The molecule has 1 N–H and O–H groups in total. The Labute approximate surface area is 172 Å². The fourth-order valence-corrected chi connectivity index (χ4v) is 3.40. The maximum atomic E-state index is 13.6. The van der Waals surface area contributed by atoms with Crippen molar-refractivity contribution >= 4 is 11.6 Å². The number of allylic oxidation sites excluding steroid dienone is 1. The van der Waals surface area contributed by atoms with Gasteiger partial charge in [-0.3, -0.25) is 4.79 Å². The monoisotopic (exact) mass is 411 g/mol. The summed E-state index contributed by atoms with van der Waals surface area (Å²) in [5.74, 6) is -0.673. The summed E-state index contributed by atoms with van der Waals surface area (Å²) < 4.78 is 41.0. The molecule has 0 saturated heterocycles. The maximum absolute atomic E-state index is 13.6. The van der Waals surface area contributed by atoms with E-state index in [4.69, 9.17) is 0 Å². The average molecular weight is 411 g/mol. The number of hydrogen-bond acceptors (Lipinski definition) is 2. The van der Waals surface area contributed by atoms with Crippen molar-refractivity contribution in [3.63, 3.8) is 0 Å². The van der Waals surface area contributed by atoms with Gasteiger partial charge in [0, 0.05) is 5.69 Å². The van der Waals surface area contributed by atoms with Crippen LogP contribution in [0.1, 0.15) is 17.5 Å². The van der Waals surface area contributed by atoms with Crippen LogP contribution in [0.5, 0.6) is 5.75 Å². The first-order valence-electron chi connectivity index (χ1n) is 9.24. The first-order valence-corrected chi connectivity index (χ1v) is 9.24. The van der Waals surface area contributed by atoms with Crippen molar-refractivity contribution in [3.05, 3.63) is 109 Å². The summed E-state index contributed by atoms with van der Waals surface area (Å²) >= 11 is 0. The van der Waals surface area contributed by atoms with E-state index in [1.54, 1.807) is 6.08 Å². The van der Waals surface area contributed by atoms with E-state index in [9.17, 15) is 18.0 Å². The van der Waals surface area contributed by atoms with Crippen LogP contribution in [0.4, 0.5) is 18.9 Å². The summed E-state index contributed by atoms with van der Waals surface area (Å²) in [5.41, 5.74) is 0.872. The van der Waals surface area contributed by atoms with Crippen LogP contribution in [0.2, 0.25) is 0 Å². The molecular weight excluding hydrogens is 391 g/mol. The van der Waals surface area contributed by atoms with Crippen molar-refractivity contribution in [1.82, 2.24) is 0 Å². The molecule has 154 valence electrons. The van der Waals surface area contributed by atoms with Gasteiger partial charge in [-0.15, -0.1) is 19.8 Å². The number of rotatable bonds is 7. The minimum Gasteiger partial charge on any atom is -0.406 e. The van der Waals surface area contributed by atoms with Gasteiger partial charge in [-0.25, -0.2) is 0 Å². The zero-order chi connectivity index (χ0) is 21.6. The molecule has 0 unspecified atom stereocenters. The van der Waals surface area contributed by atoms with E-state index >= 15 is 0 Å². The zero-order valence-electron chi connectivity index (χ0n) is 16.0. The lowest BCUT2D eigenvalue weighted by molar-refractivity contribution is -0.274. The second kappa shape index (κ2) is 8.86. The average Bonchev–Trinajstić information content (AvgIpc) is 2.73. The molecule has 0 bridgehead atoms. The molecule has 0 heterocycles. The van der Waals surface area contributed by atoms with Gasteiger partial charge >= 0.3 is 6.36 Å². The smallest absolute Gasteiger partial charge is 0.406 e. The Hall–Kier alpha value is -3.54. The molecule has 1 amide bonds. The number of carbonyl (C=O) groups is 1. The second-order valence-electron chi connectivity index (χ2n) is 6.66. The van der Waals surface area contributed by atoms with E-state index in [0.29, 0.717) is 12.1 Å². The highest BCUT2D eigenvalue weighted by molar-refractivity contribution is 6.02. The maximum Gasteiger partial charge on any atom is 0.573 e. The third-order valence-corrected chi connectivity index (χ3v) is 4.72. The SMILES string of the molecule is C=CCC(C(=O)Nc1ccc(OC(F)(F)F)cc1)(c1ccccc1)c1ccccc1. The summed E-state index contributed by atoms with van der Waals surface area (Å²) in [6.45, 7) is 3.83. The van der Waals surface area contributed by atoms with Crippen LogP contribution < -0.4 is 10.1 Å². The number of amides is 1. The molecule has 3 aromatic rings. The van der Waals surface area contributed by atoms with Crippen LogP contribution in [-0.2, 0) is 10.2 Å². The summed E-state index contributed by atoms with van der Waals surface area (Å²) in [5, 5.41) is 2.83. The summed E-state index contributed by atoms with van der Waals surface area (Å²) in [6.07, 6.45) is -2.76. The van der Waals surface area contributed by atoms with Gasteiger partial charge in [0.25, 0.3) is 0 Å². The summed E-state index contributed by atoms with van der Waals surface area (Å²) in [6, 6.07) is 23.7. The van der Waals surface area contributed by atoms with E-state index in [2.05, 4.69) is 16.6 Å². The first-order chi connectivity index (χ1) is 14.3. The van der Waals surface area contributed by atoms with E-state index < -0.39 is 11.8 Å². The molecular formula is C24H20F3NO2. The van der Waals surface area contributed by atoms with Crippen LogP contribution in [0, 0.1) is 0 Å². The molecule has 3 rings (SSSR count). The van der Waals surface area contributed by atoms with Gasteiger partial charge < -0.3 is 10.1 Å². The second-order valence-corrected chi connectivity index (χ2v) is 6.66. The highest BCUT2D eigenvalue weighted by atomic mass is 19.4. The molecule has 0 radical (unpaired) electrons. The van der Waals surface area contributed by atoms with Gasteiger partial charge in [0.1, 0.15) is 11.2 Å². The molecule has 3 aromatic carbocycles. The number of anilines is 1.